The fourth-order valence-electron chi connectivity index (χ4n) is 2.64. The Bertz CT molecular complexity index is 492. The molecule has 1 rings (SSSR count). The molecule has 0 saturated carbocycles. The summed E-state index contributed by atoms with van der Waals surface area (Å²) in [7, 11) is 3.89. The predicted molar refractivity (Wildman–Crippen MR) is 87.9 cm³/mol. The van der Waals surface area contributed by atoms with Crippen LogP contribution in [0.4, 0.5) is 0 Å². The minimum absolute atomic E-state index is 0.0970. The second-order valence-corrected chi connectivity index (χ2v) is 6.10. The molecule has 0 unspecified atom stereocenters. The second-order valence-electron chi connectivity index (χ2n) is 6.10. The number of hydrogen-bond donors (Lipinski definition) is 1. The topological polar surface area (TPSA) is 45.5 Å². The summed E-state index contributed by atoms with van der Waals surface area (Å²) in [5, 5.41) is 10.1. The monoisotopic (exact) mass is 294 g/mol. The summed E-state index contributed by atoms with van der Waals surface area (Å²) in [6.45, 7) is 5.62. The Labute approximate surface area is 128 Å². The lowest BCUT2D eigenvalue weighted by molar-refractivity contribution is 0.359. The van der Waals surface area contributed by atoms with E-state index in [-0.39, 0.29) is 11.2 Å². The molecule has 0 bridgehead atoms. The van der Waals surface area contributed by atoms with Crippen LogP contribution in [0.1, 0.15) is 56.8 Å². The number of aromatic nitrogens is 1. The average Bonchev–Trinajstić information content (AvgIpc) is 2.42. The molecule has 0 fully saturated rings. The molecule has 0 atom stereocenters. The van der Waals surface area contributed by atoms with Crippen molar-refractivity contribution >= 4 is 0 Å². The lowest BCUT2D eigenvalue weighted by Gasteiger charge is -2.20. The van der Waals surface area contributed by atoms with Gasteiger partial charge in [-0.15, -0.1) is 0 Å². The van der Waals surface area contributed by atoms with E-state index in [2.05, 4.69) is 11.5 Å². The van der Waals surface area contributed by atoms with Gasteiger partial charge >= 0.3 is 0 Å². The average molecular weight is 294 g/mol. The van der Waals surface area contributed by atoms with Crippen molar-refractivity contribution in [3.8, 4) is 5.75 Å². The van der Waals surface area contributed by atoms with E-state index in [0.717, 1.165) is 24.4 Å². The van der Waals surface area contributed by atoms with E-state index in [4.69, 9.17) is 0 Å². The largest absolute Gasteiger partial charge is 0.503 e. The van der Waals surface area contributed by atoms with Gasteiger partial charge in [0, 0.05) is 24.8 Å². The van der Waals surface area contributed by atoms with Gasteiger partial charge in [0.05, 0.1) is 5.69 Å². The molecule has 0 spiro atoms. The molecule has 0 aliphatic rings. The summed E-state index contributed by atoms with van der Waals surface area (Å²) in [4.78, 5) is 13.7. The zero-order chi connectivity index (χ0) is 15.8. The van der Waals surface area contributed by atoms with Gasteiger partial charge in [-0.2, -0.15) is 0 Å². The van der Waals surface area contributed by atoms with Crippen LogP contribution in [-0.2, 0) is 13.1 Å². The van der Waals surface area contributed by atoms with Crippen molar-refractivity contribution in [1.82, 2.24) is 9.47 Å². The van der Waals surface area contributed by atoms with Crippen LogP contribution in [0.2, 0.25) is 0 Å². The van der Waals surface area contributed by atoms with E-state index >= 15 is 0 Å². The van der Waals surface area contributed by atoms with E-state index in [1.165, 1.54) is 38.2 Å². The van der Waals surface area contributed by atoms with Crippen molar-refractivity contribution in [1.29, 1.82) is 0 Å². The summed E-state index contributed by atoms with van der Waals surface area (Å²) in [6.07, 6.45) is 7.43. The fraction of sp³-hybridized carbons (Fsp3) is 0.706. The number of rotatable bonds is 9. The van der Waals surface area contributed by atoms with Crippen molar-refractivity contribution in [3.63, 3.8) is 0 Å². The highest BCUT2D eigenvalue weighted by molar-refractivity contribution is 5.29. The predicted octanol–water partition coefficient (Wildman–Crippen LogP) is 3.28. The third-order valence-electron chi connectivity index (χ3n) is 3.80. The van der Waals surface area contributed by atoms with Crippen LogP contribution in [0, 0.1) is 6.92 Å². The highest BCUT2D eigenvalue weighted by Gasteiger charge is 2.13. The molecule has 1 aromatic heterocycles. The Morgan fingerprint density at radius 3 is 2.38 bits per heavy atom. The van der Waals surface area contributed by atoms with Crippen LogP contribution in [-0.4, -0.2) is 28.7 Å². The zero-order valence-electron chi connectivity index (χ0n) is 14.0. The van der Waals surface area contributed by atoms with Crippen LogP contribution in [0.15, 0.2) is 10.9 Å². The molecule has 120 valence electrons. The van der Waals surface area contributed by atoms with Crippen molar-refractivity contribution in [3.05, 3.63) is 27.7 Å². The zero-order valence-corrected chi connectivity index (χ0v) is 14.0. The van der Waals surface area contributed by atoms with E-state index in [1.807, 2.05) is 25.9 Å². The van der Waals surface area contributed by atoms with Gasteiger partial charge in [-0.25, -0.2) is 0 Å². The number of nitrogens with zero attached hydrogens (tertiary/aromatic N) is 2. The van der Waals surface area contributed by atoms with Gasteiger partial charge in [-0.05, 0) is 27.4 Å². The Morgan fingerprint density at radius 1 is 1.14 bits per heavy atom. The molecule has 0 amide bonds. The molecule has 21 heavy (non-hydrogen) atoms. The molecule has 1 N–H and O–H groups in total. The minimum Gasteiger partial charge on any atom is -0.503 e. The van der Waals surface area contributed by atoms with Crippen LogP contribution in [0.25, 0.3) is 0 Å². The molecular weight excluding hydrogens is 264 g/mol. The minimum atomic E-state index is -0.274. The third-order valence-corrected chi connectivity index (χ3v) is 3.80. The Balaban J connectivity index is 2.75. The van der Waals surface area contributed by atoms with Gasteiger partial charge in [0.25, 0.3) is 0 Å². The van der Waals surface area contributed by atoms with E-state index in [0.29, 0.717) is 6.54 Å². The summed E-state index contributed by atoms with van der Waals surface area (Å²) in [6, 6.07) is 1.53. The highest BCUT2D eigenvalue weighted by atomic mass is 16.3. The molecule has 0 radical (unpaired) electrons. The molecule has 4 nitrogen and oxygen atoms in total. The Kier molecular flexibility index (Phi) is 7.51. The maximum atomic E-state index is 11.8. The van der Waals surface area contributed by atoms with Gasteiger partial charge in [0.15, 0.2) is 5.75 Å². The molecule has 1 heterocycles. The number of pyridine rings is 1. The van der Waals surface area contributed by atoms with Gasteiger partial charge in [-0.1, -0.05) is 39.0 Å². The molecule has 1 aromatic rings. The quantitative estimate of drug-likeness (QED) is 0.711. The third kappa shape index (κ3) is 5.54. The van der Waals surface area contributed by atoms with Crippen LogP contribution < -0.4 is 5.43 Å². The van der Waals surface area contributed by atoms with Crippen LogP contribution in [0.5, 0.6) is 5.75 Å². The SMILES string of the molecule is CCCCCCCCn1c(C)cc(=O)c(O)c1CN(C)C. The maximum Gasteiger partial charge on any atom is 0.223 e. The number of unbranched alkanes of at least 4 members (excludes halogenated alkanes) is 5. The van der Waals surface area contributed by atoms with Crippen molar-refractivity contribution < 1.29 is 5.11 Å². The Morgan fingerprint density at radius 2 is 1.76 bits per heavy atom. The van der Waals surface area contributed by atoms with E-state index < -0.39 is 0 Å². The van der Waals surface area contributed by atoms with Crippen molar-refractivity contribution in [2.24, 2.45) is 0 Å². The summed E-state index contributed by atoms with van der Waals surface area (Å²) in [5.74, 6) is -0.0970. The van der Waals surface area contributed by atoms with Gasteiger partial charge in [0.1, 0.15) is 0 Å². The standard InChI is InChI=1S/C17H30N2O2/c1-5-6-7-8-9-10-11-19-14(2)12-16(20)17(21)15(19)13-18(3)4/h12,21H,5-11,13H2,1-4H3. The molecular formula is C17H30N2O2. The van der Waals surface area contributed by atoms with Crippen LogP contribution in [0.3, 0.4) is 0 Å². The summed E-state index contributed by atoms with van der Waals surface area (Å²) in [5.41, 5.74) is 1.39. The van der Waals surface area contributed by atoms with E-state index in [1.54, 1.807) is 0 Å². The summed E-state index contributed by atoms with van der Waals surface area (Å²) < 4.78 is 2.09. The van der Waals surface area contributed by atoms with Gasteiger partial charge < -0.3 is 14.6 Å². The lowest BCUT2D eigenvalue weighted by Crippen LogP contribution is -2.22. The smallest absolute Gasteiger partial charge is 0.223 e. The number of aryl methyl sites for hydroxylation is 1. The van der Waals surface area contributed by atoms with E-state index in [9.17, 15) is 9.90 Å². The number of aromatic hydroxyl groups is 1. The second kappa shape index (κ2) is 8.88. The van der Waals surface area contributed by atoms with Gasteiger partial charge in [0.2, 0.25) is 5.43 Å². The molecule has 0 aromatic carbocycles. The fourth-order valence-corrected chi connectivity index (χ4v) is 2.64. The number of hydrogen-bond acceptors (Lipinski definition) is 3. The summed E-state index contributed by atoms with van der Waals surface area (Å²) >= 11 is 0. The highest BCUT2D eigenvalue weighted by Crippen LogP contribution is 2.17. The maximum absolute atomic E-state index is 11.8. The molecule has 4 heteroatoms. The molecule has 0 saturated heterocycles. The first-order valence-corrected chi connectivity index (χ1v) is 8.04. The first-order chi connectivity index (χ1) is 9.97. The van der Waals surface area contributed by atoms with Gasteiger partial charge in [-0.3, -0.25) is 4.79 Å². The van der Waals surface area contributed by atoms with Crippen molar-refractivity contribution in [2.45, 2.75) is 65.5 Å². The van der Waals surface area contributed by atoms with Crippen molar-refractivity contribution in [2.75, 3.05) is 14.1 Å². The molecule has 0 aliphatic carbocycles. The first kappa shape index (κ1) is 17.8. The normalized spacial score (nSPS) is 11.3. The van der Waals surface area contributed by atoms with Crippen LogP contribution >= 0.6 is 0 Å². The molecule has 0 aliphatic heterocycles. The lowest BCUT2D eigenvalue weighted by atomic mass is 10.1. The first-order valence-electron chi connectivity index (χ1n) is 8.04. The Hall–Kier alpha value is -1.29.